The Bertz CT molecular complexity index is 1370. The molecule has 1 aliphatic rings. The number of hydrogen-bond donors (Lipinski definition) is 3. The van der Waals surface area contributed by atoms with Crippen molar-refractivity contribution in [1.82, 2.24) is 10.2 Å². The molecule has 8 nitrogen and oxygen atoms in total. The minimum absolute atomic E-state index is 0.0699. The second kappa shape index (κ2) is 9.10. The average Bonchev–Trinajstić information content (AvgIpc) is 3.19. The molecule has 0 fully saturated rings. The van der Waals surface area contributed by atoms with E-state index in [0.29, 0.717) is 27.4 Å². The van der Waals surface area contributed by atoms with Crippen LogP contribution in [-0.2, 0) is 9.59 Å². The van der Waals surface area contributed by atoms with Gasteiger partial charge in [0.05, 0.1) is 7.06 Å². The zero-order valence-electron chi connectivity index (χ0n) is 20.1. The topological polar surface area (TPSA) is 114 Å². The van der Waals surface area contributed by atoms with E-state index in [9.17, 15) is 18.0 Å². The highest BCUT2D eigenvalue weighted by atomic mass is 35.5. The van der Waals surface area contributed by atoms with Crippen molar-refractivity contribution >= 4 is 40.5 Å². The number of carboxylic acids is 1. The number of benzene rings is 2. The molecule has 166 valence electrons. The SMILES string of the molecule is O=C([O-])C(F)(F)F.[2H]/C(C(=O)N([2H])c1ccc(C)cc1)=C1\c2nn([2H])c[n+]2-c2ccc(Cl)cc2N1[2H]. The van der Waals surface area contributed by atoms with Crippen LogP contribution in [0.3, 0.4) is 0 Å². The van der Waals surface area contributed by atoms with Gasteiger partial charge < -0.3 is 20.5 Å². The second-order valence-corrected chi connectivity index (χ2v) is 6.72. The van der Waals surface area contributed by atoms with E-state index in [-0.39, 0.29) is 11.5 Å². The third kappa shape index (κ3) is 5.43. The third-order valence-corrected chi connectivity index (χ3v) is 4.15. The highest BCUT2D eigenvalue weighted by Crippen LogP contribution is 2.28. The van der Waals surface area contributed by atoms with E-state index in [1.165, 1.54) is 17.0 Å². The molecule has 0 radical (unpaired) electrons. The fraction of sp³-hybridized carbons (Fsp3) is 0.100. The average molecular weight is 470 g/mol. The largest absolute Gasteiger partial charge is 0.542 e. The molecule has 1 aliphatic heterocycles. The number of nitrogens with one attached hydrogen (secondary N) is 3. The molecule has 0 unspecified atom stereocenters. The fourth-order valence-electron chi connectivity index (χ4n) is 2.48. The lowest BCUT2D eigenvalue weighted by Gasteiger charge is -2.17. The predicted molar refractivity (Wildman–Crippen MR) is 108 cm³/mol. The van der Waals surface area contributed by atoms with Crippen LogP contribution in [0.25, 0.3) is 11.4 Å². The molecule has 12 heteroatoms. The van der Waals surface area contributed by atoms with Crippen molar-refractivity contribution in [2.75, 3.05) is 10.6 Å². The van der Waals surface area contributed by atoms with Crippen molar-refractivity contribution in [3.8, 4) is 5.69 Å². The molecule has 2 heterocycles. The van der Waals surface area contributed by atoms with Gasteiger partial charge in [-0.25, -0.2) is 0 Å². The highest BCUT2D eigenvalue weighted by Gasteiger charge is 2.29. The number of carbonyl (C=O) groups is 2. The van der Waals surface area contributed by atoms with Crippen LogP contribution in [0.1, 0.15) is 12.8 Å². The summed E-state index contributed by atoms with van der Waals surface area (Å²) >= 11 is 6.06. The van der Waals surface area contributed by atoms with Crippen LogP contribution >= 0.6 is 11.6 Å². The third-order valence-electron chi connectivity index (χ3n) is 3.91. The number of H-pyrrole nitrogens is 1. The van der Waals surface area contributed by atoms with Gasteiger partial charge in [-0.15, -0.1) is 5.09 Å². The van der Waals surface area contributed by atoms with Gasteiger partial charge in [-0.05, 0) is 37.3 Å². The summed E-state index contributed by atoms with van der Waals surface area (Å²) in [6.45, 7) is 1.89. The van der Waals surface area contributed by atoms with Crippen LogP contribution in [0.2, 0.25) is 9.26 Å². The van der Waals surface area contributed by atoms with Crippen LogP contribution in [0, 0.1) is 6.92 Å². The summed E-state index contributed by atoms with van der Waals surface area (Å²) in [6, 6.07) is 10.9. The molecule has 3 N–H and O–H groups in total. The molecule has 0 saturated carbocycles. The van der Waals surface area contributed by atoms with Gasteiger partial charge in [0.2, 0.25) is 6.33 Å². The Labute approximate surface area is 190 Å². The Balaban J connectivity index is 0.000000454. The second-order valence-electron chi connectivity index (χ2n) is 6.28. The first-order valence-electron chi connectivity index (χ1n) is 10.6. The molecule has 0 saturated heterocycles. The van der Waals surface area contributed by atoms with Gasteiger partial charge in [-0.1, -0.05) is 29.3 Å². The van der Waals surface area contributed by atoms with Crippen molar-refractivity contribution in [3.63, 3.8) is 0 Å². The van der Waals surface area contributed by atoms with Gasteiger partial charge in [0.15, 0.2) is 2.82 Å². The maximum absolute atomic E-state index is 12.8. The summed E-state index contributed by atoms with van der Waals surface area (Å²) in [5, 5.41) is 15.4. The zero-order valence-corrected chi connectivity index (χ0v) is 16.8. The van der Waals surface area contributed by atoms with Crippen molar-refractivity contribution in [1.29, 1.82) is 0 Å². The number of nitrogens with zero attached hydrogens (tertiary/aromatic N) is 2. The monoisotopic (exact) mass is 469 g/mol. The lowest BCUT2D eigenvalue weighted by molar-refractivity contribution is -0.598. The number of fused-ring (bicyclic) bond motifs is 3. The predicted octanol–water partition coefficient (Wildman–Crippen LogP) is 2.35. The van der Waals surface area contributed by atoms with Crippen molar-refractivity contribution < 1.29 is 38.0 Å². The van der Waals surface area contributed by atoms with E-state index < -0.39 is 24.1 Å². The molecule has 0 spiro atoms. The lowest BCUT2D eigenvalue weighted by atomic mass is 10.2. The Morgan fingerprint density at radius 1 is 1.31 bits per heavy atom. The molecule has 1 amide bonds. The summed E-state index contributed by atoms with van der Waals surface area (Å²) in [5.41, 5.74) is 1.96. The van der Waals surface area contributed by atoms with Crippen molar-refractivity contribution in [2.24, 2.45) is 0 Å². The number of aromatic amines is 1. The Hall–Kier alpha value is -3.86. The van der Waals surface area contributed by atoms with E-state index in [0.717, 1.165) is 16.0 Å². The van der Waals surface area contributed by atoms with Gasteiger partial charge in [-0.2, -0.15) is 17.7 Å². The van der Waals surface area contributed by atoms with E-state index in [4.69, 9.17) is 27.1 Å². The molecule has 0 atom stereocenters. The minimum atomic E-state index is -5.19. The normalized spacial score (nSPS) is 15.6. The minimum Gasteiger partial charge on any atom is -0.542 e. The molecule has 0 bridgehead atoms. The van der Waals surface area contributed by atoms with Crippen molar-refractivity contribution in [2.45, 2.75) is 13.1 Å². The Morgan fingerprint density at radius 3 is 2.59 bits per heavy atom. The first-order chi connectivity index (χ1) is 16.7. The van der Waals surface area contributed by atoms with Gasteiger partial charge >= 0.3 is 13.4 Å². The number of carbonyl (C=O) groups excluding carboxylic acids is 2. The number of rotatable bonds is 2. The number of carboxylic acid groups (broad SMARTS) is 1. The Morgan fingerprint density at radius 2 is 1.97 bits per heavy atom. The number of alkyl halides is 3. The molecule has 2 aromatic carbocycles. The summed E-state index contributed by atoms with van der Waals surface area (Å²) in [4.78, 5) is 21.6. The number of hydrogen-bond acceptors (Lipinski definition) is 5. The van der Waals surface area contributed by atoms with Crippen LogP contribution in [0.15, 0.2) is 54.8 Å². The van der Waals surface area contributed by atoms with E-state index in [1.54, 1.807) is 36.4 Å². The van der Waals surface area contributed by atoms with Crippen LogP contribution < -0.4 is 20.3 Å². The van der Waals surface area contributed by atoms with Gasteiger partial charge in [0.1, 0.15) is 17.4 Å². The summed E-state index contributed by atoms with van der Waals surface area (Å²) < 4.78 is 65.9. The summed E-state index contributed by atoms with van der Waals surface area (Å²) in [5.74, 6) is -3.87. The van der Waals surface area contributed by atoms with Gasteiger partial charge in [0.25, 0.3) is 5.91 Å². The lowest BCUT2D eigenvalue weighted by Crippen LogP contribution is -2.38. The summed E-state index contributed by atoms with van der Waals surface area (Å²) in [6.07, 6.45) is -3.84. The smallest absolute Gasteiger partial charge is 0.430 e. The van der Waals surface area contributed by atoms with E-state index in [2.05, 4.69) is 5.10 Å². The fourth-order valence-corrected chi connectivity index (χ4v) is 2.65. The Kier molecular flexibility index (Phi) is 5.06. The first kappa shape index (κ1) is 17.8. The number of amides is 1. The van der Waals surface area contributed by atoms with Gasteiger partial charge in [0, 0.05) is 21.9 Å². The molecular weight excluding hydrogens is 451 g/mol. The molecular formula is C20H15ClF3N5O3. The van der Waals surface area contributed by atoms with Gasteiger partial charge in [-0.3, -0.25) is 4.79 Å². The number of aromatic nitrogens is 3. The van der Waals surface area contributed by atoms with Crippen molar-refractivity contribution in [3.05, 3.63) is 71.3 Å². The first-order valence-corrected chi connectivity index (χ1v) is 9.09. The molecule has 32 heavy (non-hydrogen) atoms. The number of aliphatic carboxylic acids is 1. The standard InChI is InChI=1S/C18H14ClN5O.C2HF3O2/c1-11-2-5-13(6-3-11)21-17(25)9-15-18-23-20-10-24(18)16-7-4-12(19)8-14(16)22-15;3-2(4,5)1(6)7/h2-10H,1H3,(H2,21,22,25);(H,6,7)/i9D;/hD3. The quantitative estimate of drug-likeness (QED) is 0.394. The molecule has 3 aromatic rings. The maximum Gasteiger partial charge on any atom is 0.430 e. The molecule has 0 aliphatic carbocycles. The number of halogens is 4. The number of anilines is 2. The zero-order chi connectivity index (χ0) is 26.9. The van der Waals surface area contributed by atoms with Crippen LogP contribution in [-0.4, -0.2) is 28.2 Å². The van der Waals surface area contributed by atoms with Crippen LogP contribution in [0.5, 0.6) is 0 Å². The van der Waals surface area contributed by atoms with E-state index in [1.807, 2.05) is 6.92 Å². The highest BCUT2D eigenvalue weighted by molar-refractivity contribution is 6.31. The van der Waals surface area contributed by atoms with Crippen LogP contribution in [0.4, 0.5) is 24.5 Å². The summed E-state index contributed by atoms with van der Waals surface area (Å²) in [7, 11) is 0. The maximum atomic E-state index is 12.8. The molecule has 1 aromatic heterocycles. The number of aryl methyl sites for hydroxylation is 1. The van der Waals surface area contributed by atoms with E-state index >= 15 is 0 Å². The molecule has 4 rings (SSSR count).